The maximum absolute atomic E-state index is 9.85. The van der Waals surface area contributed by atoms with E-state index in [4.69, 9.17) is 11.6 Å². The summed E-state index contributed by atoms with van der Waals surface area (Å²) < 4.78 is 0. The molecule has 0 bridgehead atoms. The van der Waals surface area contributed by atoms with Crippen molar-refractivity contribution in [2.75, 3.05) is 0 Å². The van der Waals surface area contributed by atoms with Gasteiger partial charge >= 0.3 is 0 Å². The molecule has 0 saturated carbocycles. The van der Waals surface area contributed by atoms with Crippen molar-refractivity contribution in [1.29, 1.82) is 0 Å². The van der Waals surface area contributed by atoms with Crippen LogP contribution in [0.3, 0.4) is 0 Å². The third-order valence-electron chi connectivity index (χ3n) is 2.50. The third-order valence-corrected chi connectivity index (χ3v) is 2.81. The lowest BCUT2D eigenvalue weighted by atomic mass is 9.86. The summed E-state index contributed by atoms with van der Waals surface area (Å²) >= 11 is 6.21. The standard InChI is InChI=1S/C13H19ClO/c1-5-6-9-7-11(14)10(8-12(9)15)13(2,3)4/h7-8,15H,5-6H2,1-4H3. The van der Waals surface area contributed by atoms with Gasteiger partial charge < -0.3 is 5.11 Å². The van der Waals surface area contributed by atoms with E-state index in [0.717, 1.165) is 29.0 Å². The fourth-order valence-electron chi connectivity index (χ4n) is 1.65. The summed E-state index contributed by atoms with van der Waals surface area (Å²) in [6.07, 6.45) is 1.88. The molecular weight excluding hydrogens is 208 g/mol. The highest BCUT2D eigenvalue weighted by atomic mass is 35.5. The monoisotopic (exact) mass is 226 g/mol. The Bertz CT molecular complexity index is 350. The Morgan fingerprint density at radius 2 is 1.87 bits per heavy atom. The van der Waals surface area contributed by atoms with Crippen LogP contribution >= 0.6 is 11.6 Å². The van der Waals surface area contributed by atoms with E-state index in [2.05, 4.69) is 27.7 Å². The van der Waals surface area contributed by atoms with Gasteiger partial charge in [-0.1, -0.05) is 45.7 Å². The number of halogens is 1. The minimum atomic E-state index is -0.0285. The van der Waals surface area contributed by atoms with Gasteiger partial charge in [0.25, 0.3) is 0 Å². The van der Waals surface area contributed by atoms with Gasteiger partial charge in [-0.3, -0.25) is 0 Å². The maximum atomic E-state index is 9.85. The Labute approximate surface area is 97.1 Å². The molecule has 1 aromatic carbocycles. The molecule has 0 unspecified atom stereocenters. The molecule has 0 saturated heterocycles. The lowest BCUT2D eigenvalue weighted by Gasteiger charge is -2.21. The van der Waals surface area contributed by atoms with Crippen LogP contribution in [0.25, 0.3) is 0 Å². The molecular formula is C13H19ClO. The van der Waals surface area contributed by atoms with Gasteiger partial charge in [0.2, 0.25) is 0 Å². The number of aromatic hydroxyl groups is 1. The predicted octanol–water partition coefficient (Wildman–Crippen LogP) is 4.30. The fraction of sp³-hybridized carbons (Fsp3) is 0.538. The van der Waals surface area contributed by atoms with Crippen molar-refractivity contribution in [2.45, 2.75) is 46.0 Å². The first-order valence-corrected chi connectivity index (χ1v) is 5.76. The van der Waals surface area contributed by atoms with E-state index in [9.17, 15) is 5.11 Å². The summed E-state index contributed by atoms with van der Waals surface area (Å²) in [6.45, 7) is 8.36. The molecule has 1 N–H and O–H groups in total. The van der Waals surface area contributed by atoms with Crippen molar-refractivity contribution in [1.82, 2.24) is 0 Å². The summed E-state index contributed by atoms with van der Waals surface area (Å²) in [5, 5.41) is 10.6. The summed E-state index contributed by atoms with van der Waals surface area (Å²) in [6, 6.07) is 3.69. The molecule has 0 radical (unpaired) electrons. The van der Waals surface area contributed by atoms with Gasteiger partial charge in [-0.25, -0.2) is 0 Å². The molecule has 0 fully saturated rings. The maximum Gasteiger partial charge on any atom is 0.119 e. The molecule has 15 heavy (non-hydrogen) atoms. The van der Waals surface area contributed by atoms with Crippen molar-refractivity contribution in [3.63, 3.8) is 0 Å². The Hall–Kier alpha value is -0.690. The fourth-order valence-corrected chi connectivity index (χ4v) is 2.12. The van der Waals surface area contributed by atoms with Crippen LogP contribution in [0.4, 0.5) is 0 Å². The van der Waals surface area contributed by atoms with E-state index in [1.807, 2.05) is 6.07 Å². The van der Waals surface area contributed by atoms with E-state index in [1.165, 1.54) is 0 Å². The molecule has 0 heterocycles. The van der Waals surface area contributed by atoms with E-state index in [0.29, 0.717) is 5.75 Å². The Balaban J connectivity index is 3.20. The molecule has 2 heteroatoms. The topological polar surface area (TPSA) is 20.2 Å². The van der Waals surface area contributed by atoms with E-state index in [-0.39, 0.29) is 5.41 Å². The number of benzene rings is 1. The smallest absolute Gasteiger partial charge is 0.119 e. The molecule has 84 valence electrons. The number of aryl methyl sites for hydroxylation is 1. The molecule has 0 amide bonds. The number of phenolic OH excluding ortho intramolecular Hbond substituents is 1. The number of rotatable bonds is 2. The highest BCUT2D eigenvalue weighted by Crippen LogP contribution is 2.34. The molecule has 0 aliphatic heterocycles. The lowest BCUT2D eigenvalue weighted by molar-refractivity contribution is 0.463. The van der Waals surface area contributed by atoms with Crippen LogP contribution in [0.15, 0.2) is 12.1 Å². The zero-order chi connectivity index (χ0) is 11.6. The highest BCUT2D eigenvalue weighted by Gasteiger charge is 2.19. The minimum Gasteiger partial charge on any atom is -0.508 e. The van der Waals surface area contributed by atoms with Crippen LogP contribution in [0.2, 0.25) is 5.02 Å². The normalized spacial score (nSPS) is 11.8. The summed E-state index contributed by atoms with van der Waals surface area (Å²) in [7, 11) is 0. The van der Waals surface area contributed by atoms with Crippen LogP contribution < -0.4 is 0 Å². The average molecular weight is 227 g/mol. The summed E-state index contributed by atoms with van der Waals surface area (Å²) in [5.74, 6) is 0.367. The van der Waals surface area contributed by atoms with Crippen molar-refractivity contribution >= 4 is 11.6 Å². The average Bonchev–Trinajstić information content (AvgIpc) is 2.09. The zero-order valence-electron chi connectivity index (χ0n) is 9.89. The second-order valence-electron chi connectivity index (χ2n) is 4.96. The molecule has 0 aromatic heterocycles. The Kier molecular flexibility index (Phi) is 3.67. The van der Waals surface area contributed by atoms with Crippen molar-refractivity contribution in [3.8, 4) is 5.75 Å². The van der Waals surface area contributed by atoms with E-state index < -0.39 is 0 Å². The van der Waals surface area contributed by atoms with Crippen LogP contribution in [0, 0.1) is 0 Å². The molecule has 1 rings (SSSR count). The summed E-state index contributed by atoms with van der Waals surface area (Å²) in [5.41, 5.74) is 1.91. The van der Waals surface area contributed by atoms with Crippen molar-refractivity contribution in [2.24, 2.45) is 0 Å². The van der Waals surface area contributed by atoms with Gasteiger partial charge in [0.05, 0.1) is 0 Å². The van der Waals surface area contributed by atoms with Crippen LogP contribution in [-0.2, 0) is 11.8 Å². The first-order chi connectivity index (χ1) is 6.86. The van der Waals surface area contributed by atoms with Gasteiger partial charge in [0.15, 0.2) is 0 Å². The van der Waals surface area contributed by atoms with Gasteiger partial charge in [-0.15, -0.1) is 0 Å². The Morgan fingerprint density at radius 3 is 2.33 bits per heavy atom. The first-order valence-electron chi connectivity index (χ1n) is 5.38. The minimum absolute atomic E-state index is 0.0285. The van der Waals surface area contributed by atoms with E-state index in [1.54, 1.807) is 6.07 Å². The SMILES string of the molecule is CCCc1cc(Cl)c(C(C)(C)C)cc1O. The summed E-state index contributed by atoms with van der Waals surface area (Å²) in [4.78, 5) is 0. The molecule has 0 aliphatic rings. The van der Waals surface area contributed by atoms with Gasteiger partial charge in [0, 0.05) is 5.02 Å². The second kappa shape index (κ2) is 4.44. The third kappa shape index (κ3) is 2.88. The molecule has 0 aliphatic carbocycles. The molecule has 0 spiro atoms. The largest absolute Gasteiger partial charge is 0.508 e. The Morgan fingerprint density at radius 1 is 1.27 bits per heavy atom. The number of hydrogen-bond donors (Lipinski definition) is 1. The van der Waals surface area contributed by atoms with Gasteiger partial charge in [0.1, 0.15) is 5.75 Å². The van der Waals surface area contributed by atoms with Crippen LogP contribution in [0.1, 0.15) is 45.2 Å². The number of phenols is 1. The predicted molar refractivity (Wildman–Crippen MR) is 65.8 cm³/mol. The molecule has 1 aromatic rings. The lowest BCUT2D eigenvalue weighted by Crippen LogP contribution is -2.12. The van der Waals surface area contributed by atoms with Crippen molar-refractivity contribution in [3.05, 3.63) is 28.3 Å². The van der Waals surface area contributed by atoms with Gasteiger partial charge in [-0.2, -0.15) is 0 Å². The zero-order valence-corrected chi connectivity index (χ0v) is 10.7. The molecule has 0 atom stereocenters. The van der Waals surface area contributed by atoms with Gasteiger partial charge in [-0.05, 0) is 35.1 Å². The second-order valence-corrected chi connectivity index (χ2v) is 5.37. The van der Waals surface area contributed by atoms with E-state index >= 15 is 0 Å². The number of hydrogen-bond acceptors (Lipinski definition) is 1. The van der Waals surface area contributed by atoms with Crippen LogP contribution in [0.5, 0.6) is 5.75 Å². The van der Waals surface area contributed by atoms with Crippen LogP contribution in [-0.4, -0.2) is 5.11 Å². The molecule has 1 nitrogen and oxygen atoms in total. The first kappa shape index (κ1) is 12.4. The highest BCUT2D eigenvalue weighted by molar-refractivity contribution is 6.31. The quantitative estimate of drug-likeness (QED) is 0.798. The van der Waals surface area contributed by atoms with Crippen molar-refractivity contribution < 1.29 is 5.11 Å².